The van der Waals surface area contributed by atoms with Gasteiger partial charge in [0.25, 0.3) is 0 Å². The summed E-state index contributed by atoms with van der Waals surface area (Å²) in [5.41, 5.74) is 5.79. The van der Waals surface area contributed by atoms with E-state index in [-0.39, 0.29) is 37.6 Å². The molecule has 7 heteroatoms. The highest BCUT2D eigenvalue weighted by molar-refractivity contribution is 5.35. The summed E-state index contributed by atoms with van der Waals surface area (Å²) in [6.07, 6.45) is 1.16. The van der Waals surface area contributed by atoms with Gasteiger partial charge in [-0.05, 0) is 6.92 Å². The molecular formula is C11H17N3O4. The molecule has 0 amide bonds. The second kappa shape index (κ2) is 5.05. The minimum Gasteiger partial charge on any atom is -0.396 e. The van der Waals surface area contributed by atoms with E-state index in [0.29, 0.717) is 5.56 Å². The molecule has 0 bridgehead atoms. The van der Waals surface area contributed by atoms with Crippen molar-refractivity contribution in [3.8, 4) is 0 Å². The van der Waals surface area contributed by atoms with Gasteiger partial charge < -0.3 is 20.7 Å². The second-order valence-corrected chi connectivity index (χ2v) is 4.47. The van der Waals surface area contributed by atoms with Gasteiger partial charge in [-0.1, -0.05) is 0 Å². The Morgan fingerprint density at radius 2 is 2.28 bits per heavy atom. The van der Waals surface area contributed by atoms with Gasteiger partial charge in [-0.15, -0.1) is 0 Å². The van der Waals surface area contributed by atoms with Crippen LogP contribution in [0.5, 0.6) is 0 Å². The van der Waals surface area contributed by atoms with Crippen molar-refractivity contribution in [2.45, 2.75) is 19.1 Å². The van der Waals surface area contributed by atoms with Gasteiger partial charge in [0.15, 0.2) is 0 Å². The van der Waals surface area contributed by atoms with Gasteiger partial charge in [0.05, 0.1) is 32.0 Å². The van der Waals surface area contributed by atoms with Crippen LogP contribution >= 0.6 is 0 Å². The fourth-order valence-corrected chi connectivity index (χ4v) is 2.25. The monoisotopic (exact) mass is 255 g/mol. The summed E-state index contributed by atoms with van der Waals surface area (Å²) >= 11 is 0. The highest BCUT2D eigenvalue weighted by Gasteiger charge is 2.38. The van der Waals surface area contributed by atoms with E-state index in [1.165, 1.54) is 4.57 Å². The number of anilines is 1. The van der Waals surface area contributed by atoms with E-state index in [9.17, 15) is 9.90 Å². The largest absolute Gasteiger partial charge is 0.396 e. The predicted octanol–water partition coefficient (Wildman–Crippen LogP) is -1.33. The van der Waals surface area contributed by atoms with Crippen molar-refractivity contribution in [3.05, 3.63) is 22.2 Å². The minimum absolute atomic E-state index is 0.161. The Balaban J connectivity index is 2.37. The summed E-state index contributed by atoms with van der Waals surface area (Å²) < 4.78 is 6.79. The number of ether oxygens (including phenoxy) is 1. The molecule has 1 aromatic heterocycles. The molecule has 1 aliphatic rings. The lowest BCUT2D eigenvalue weighted by Crippen LogP contribution is -2.35. The van der Waals surface area contributed by atoms with Crippen LogP contribution in [0.25, 0.3) is 0 Å². The van der Waals surface area contributed by atoms with Crippen LogP contribution in [0.2, 0.25) is 0 Å². The zero-order chi connectivity index (χ0) is 13.3. The van der Waals surface area contributed by atoms with Crippen molar-refractivity contribution < 1.29 is 14.9 Å². The molecule has 100 valence electrons. The highest BCUT2D eigenvalue weighted by Crippen LogP contribution is 2.30. The van der Waals surface area contributed by atoms with Crippen molar-refractivity contribution in [1.82, 2.24) is 9.55 Å². The quantitative estimate of drug-likeness (QED) is 0.617. The normalized spacial score (nSPS) is 27.6. The van der Waals surface area contributed by atoms with E-state index in [1.54, 1.807) is 13.1 Å². The van der Waals surface area contributed by atoms with Gasteiger partial charge in [-0.25, -0.2) is 4.79 Å². The molecule has 0 spiro atoms. The minimum atomic E-state index is -0.469. The molecule has 4 N–H and O–H groups in total. The zero-order valence-electron chi connectivity index (χ0n) is 10.1. The average Bonchev–Trinajstić information content (AvgIpc) is 2.76. The van der Waals surface area contributed by atoms with Crippen LogP contribution in [0.1, 0.15) is 11.6 Å². The van der Waals surface area contributed by atoms with Gasteiger partial charge in [-0.3, -0.25) is 4.57 Å². The van der Waals surface area contributed by atoms with Crippen LogP contribution in [0, 0.1) is 12.8 Å². The number of aliphatic hydroxyl groups excluding tert-OH is 2. The zero-order valence-corrected chi connectivity index (χ0v) is 10.1. The molecule has 7 nitrogen and oxygen atoms in total. The number of nitrogen functional groups attached to an aromatic ring is 1. The SMILES string of the molecule is Cc1cn(C2COC(CO)C2CO)c(=O)nc1N. The van der Waals surface area contributed by atoms with Crippen LogP contribution in [-0.2, 0) is 4.74 Å². The molecule has 1 aromatic rings. The van der Waals surface area contributed by atoms with Gasteiger partial charge in [0, 0.05) is 17.7 Å². The summed E-state index contributed by atoms with van der Waals surface area (Å²) in [7, 11) is 0. The van der Waals surface area contributed by atoms with Crippen molar-refractivity contribution >= 4 is 5.82 Å². The van der Waals surface area contributed by atoms with Gasteiger partial charge >= 0.3 is 5.69 Å². The van der Waals surface area contributed by atoms with Crippen molar-refractivity contribution in [2.75, 3.05) is 25.6 Å². The molecule has 0 aromatic carbocycles. The Bertz CT molecular complexity index is 488. The lowest BCUT2D eigenvalue weighted by Gasteiger charge is -2.21. The summed E-state index contributed by atoms with van der Waals surface area (Å²) in [5, 5.41) is 18.5. The molecule has 0 radical (unpaired) electrons. The molecule has 0 aliphatic carbocycles. The van der Waals surface area contributed by atoms with Gasteiger partial charge in [0.2, 0.25) is 0 Å². The third-order valence-electron chi connectivity index (χ3n) is 3.37. The first-order chi connectivity index (χ1) is 8.58. The topological polar surface area (TPSA) is 111 Å². The first-order valence-electron chi connectivity index (χ1n) is 5.77. The molecular weight excluding hydrogens is 238 g/mol. The van der Waals surface area contributed by atoms with E-state index in [4.69, 9.17) is 15.6 Å². The van der Waals surface area contributed by atoms with Crippen LogP contribution in [0.4, 0.5) is 5.82 Å². The summed E-state index contributed by atoms with van der Waals surface area (Å²) in [6, 6.07) is -0.327. The first kappa shape index (κ1) is 13.0. The number of aryl methyl sites for hydroxylation is 1. The van der Waals surface area contributed by atoms with Crippen LogP contribution in [0.15, 0.2) is 11.0 Å². The van der Waals surface area contributed by atoms with Crippen LogP contribution in [0.3, 0.4) is 0 Å². The fraction of sp³-hybridized carbons (Fsp3) is 0.636. The van der Waals surface area contributed by atoms with Crippen LogP contribution in [-0.4, -0.2) is 45.7 Å². The Labute approximate surface area is 104 Å². The number of hydrogen-bond donors (Lipinski definition) is 3. The fourth-order valence-electron chi connectivity index (χ4n) is 2.25. The van der Waals surface area contributed by atoms with E-state index in [1.807, 2.05) is 0 Å². The van der Waals surface area contributed by atoms with E-state index >= 15 is 0 Å². The maximum absolute atomic E-state index is 11.8. The van der Waals surface area contributed by atoms with Gasteiger partial charge in [-0.2, -0.15) is 4.98 Å². The van der Waals surface area contributed by atoms with Crippen LogP contribution < -0.4 is 11.4 Å². The molecule has 18 heavy (non-hydrogen) atoms. The first-order valence-corrected chi connectivity index (χ1v) is 5.77. The van der Waals surface area contributed by atoms with Crippen molar-refractivity contribution in [3.63, 3.8) is 0 Å². The molecule has 1 fully saturated rings. The number of nitrogens with zero attached hydrogens (tertiary/aromatic N) is 2. The highest BCUT2D eigenvalue weighted by atomic mass is 16.5. The maximum atomic E-state index is 11.8. The van der Waals surface area contributed by atoms with E-state index in [0.717, 1.165) is 0 Å². The summed E-state index contributed by atoms with van der Waals surface area (Å²) in [5.74, 6) is -0.119. The Morgan fingerprint density at radius 3 is 2.89 bits per heavy atom. The molecule has 3 unspecified atom stereocenters. The van der Waals surface area contributed by atoms with Gasteiger partial charge in [0.1, 0.15) is 5.82 Å². The number of hydrogen-bond acceptors (Lipinski definition) is 6. The smallest absolute Gasteiger partial charge is 0.349 e. The lowest BCUT2D eigenvalue weighted by molar-refractivity contribution is 0.0268. The Kier molecular flexibility index (Phi) is 3.65. The molecule has 0 saturated carbocycles. The molecule has 2 heterocycles. The number of aliphatic hydroxyl groups is 2. The molecule has 3 atom stereocenters. The number of aromatic nitrogens is 2. The molecule has 1 aliphatic heterocycles. The molecule has 2 rings (SSSR count). The Hall–Kier alpha value is -1.44. The second-order valence-electron chi connectivity index (χ2n) is 4.47. The number of rotatable bonds is 3. The summed E-state index contributed by atoms with van der Waals surface area (Å²) in [4.78, 5) is 15.5. The Morgan fingerprint density at radius 1 is 1.56 bits per heavy atom. The number of nitrogens with two attached hydrogens (primary N) is 1. The summed E-state index contributed by atoms with van der Waals surface area (Å²) in [6.45, 7) is 1.68. The third kappa shape index (κ3) is 2.12. The predicted molar refractivity (Wildman–Crippen MR) is 64.1 cm³/mol. The van der Waals surface area contributed by atoms with E-state index in [2.05, 4.69) is 4.98 Å². The maximum Gasteiger partial charge on any atom is 0.349 e. The standard InChI is InChI=1S/C11H17N3O4/c1-6-2-14(11(17)13-10(6)12)8-5-18-9(4-16)7(8)3-15/h2,7-9,15-16H,3-5H2,1H3,(H2,12,13,17). The van der Waals surface area contributed by atoms with Crippen molar-refractivity contribution in [1.29, 1.82) is 0 Å². The third-order valence-corrected chi connectivity index (χ3v) is 3.37. The average molecular weight is 255 g/mol. The van der Waals surface area contributed by atoms with Crippen molar-refractivity contribution in [2.24, 2.45) is 5.92 Å². The van der Waals surface area contributed by atoms with E-state index < -0.39 is 11.8 Å². The lowest BCUT2D eigenvalue weighted by atomic mass is 9.98. The molecule has 1 saturated heterocycles.